The first-order chi connectivity index (χ1) is 17.2. The maximum Gasteiger partial charge on any atom is 0.242 e. The second kappa shape index (κ2) is 12.7. The summed E-state index contributed by atoms with van der Waals surface area (Å²) in [6.07, 6.45) is 1.35. The van der Waals surface area contributed by atoms with Gasteiger partial charge in [-0.3, -0.25) is 9.59 Å². The van der Waals surface area contributed by atoms with Crippen LogP contribution in [-0.2, 0) is 39.1 Å². The molecule has 0 unspecified atom stereocenters. The average molecular weight is 528 g/mol. The number of nitrogens with zero attached hydrogens (tertiary/aromatic N) is 2. The van der Waals surface area contributed by atoms with Gasteiger partial charge in [-0.15, -0.1) is 0 Å². The number of rotatable bonds is 11. The van der Waals surface area contributed by atoms with Crippen molar-refractivity contribution < 1.29 is 18.0 Å². The van der Waals surface area contributed by atoms with E-state index in [2.05, 4.69) is 5.32 Å². The highest BCUT2D eigenvalue weighted by Crippen LogP contribution is 2.18. The number of carbonyl (C=O) groups excluding carboxylic acids is 2. The molecule has 2 amide bonds. The summed E-state index contributed by atoms with van der Waals surface area (Å²) < 4.78 is 26.3. The van der Waals surface area contributed by atoms with E-state index >= 15 is 0 Å². The molecule has 3 aromatic carbocycles. The van der Waals surface area contributed by atoms with E-state index in [4.69, 9.17) is 11.6 Å². The molecule has 1 N–H and O–H groups in total. The largest absolute Gasteiger partial charge is 0.357 e. The highest BCUT2D eigenvalue weighted by Gasteiger charge is 2.32. The van der Waals surface area contributed by atoms with Gasteiger partial charge in [0, 0.05) is 31.6 Å². The molecule has 3 aromatic rings. The number of likely N-dealkylation sites (N-methyl/N-ethyl adjacent to an activating group) is 1. The Morgan fingerprint density at radius 3 is 1.89 bits per heavy atom. The van der Waals surface area contributed by atoms with Crippen molar-refractivity contribution in [2.45, 2.75) is 25.6 Å². The smallest absolute Gasteiger partial charge is 0.242 e. The summed E-state index contributed by atoms with van der Waals surface area (Å²) in [6, 6.07) is 24.6. The summed E-state index contributed by atoms with van der Waals surface area (Å²) in [5.74, 6) is -0.814. The third-order valence-electron chi connectivity index (χ3n) is 5.77. The quantitative estimate of drug-likeness (QED) is 0.413. The Kier molecular flexibility index (Phi) is 9.64. The Balaban J connectivity index is 1.95. The zero-order valence-corrected chi connectivity index (χ0v) is 21.9. The van der Waals surface area contributed by atoms with Crippen LogP contribution in [0.1, 0.15) is 16.7 Å². The van der Waals surface area contributed by atoms with Gasteiger partial charge in [-0.25, -0.2) is 8.42 Å². The van der Waals surface area contributed by atoms with E-state index in [1.54, 1.807) is 36.4 Å². The molecule has 0 heterocycles. The summed E-state index contributed by atoms with van der Waals surface area (Å²) in [6.45, 7) is -0.239. The van der Waals surface area contributed by atoms with Crippen LogP contribution in [0.4, 0.5) is 0 Å². The van der Waals surface area contributed by atoms with Gasteiger partial charge in [-0.2, -0.15) is 4.31 Å². The molecule has 0 aliphatic heterocycles. The first-order valence-corrected chi connectivity index (χ1v) is 13.7. The Morgan fingerprint density at radius 1 is 0.833 bits per heavy atom. The lowest BCUT2D eigenvalue weighted by Gasteiger charge is -2.33. The van der Waals surface area contributed by atoms with Crippen molar-refractivity contribution in [3.8, 4) is 0 Å². The number of hydrogen-bond acceptors (Lipinski definition) is 4. The minimum absolute atomic E-state index is 0.0452. The van der Waals surface area contributed by atoms with E-state index in [0.717, 1.165) is 27.3 Å². The van der Waals surface area contributed by atoms with Crippen molar-refractivity contribution in [2.24, 2.45) is 0 Å². The summed E-state index contributed by atoms with van der Waals surface area (Å²) in [4.78, 5) is 28.2. The number of amides is 2. The van der Waals surface area contributed by atoms with Crippen LogP contribution in [0.3, 0.4) is 0 Å². The Hall–Kier alpha value is -3.20. The number of benzene rings is 3. The van der Waals surface area contributed by atoms with Gasteiger partial charge in [0.25, 0.3) is 0 Å². The molecule has 0 aliphatic rings. The predicted molar refractivity (Wildman–Crippen MR) is 142 cm³/mol. The fraction of sp³-hybridized carbons (Fsp3) is 0.259. The summed E-state index contributed by atoms with van der Waals surface area (Å²) in [7, 11) is -2.20. The van der Waals surface area contributed by atoms with Crippen LogP contribution in [0, 0.1) is 0 Å². The third kappa shape index (κ3) is 7.91. The Morgan fingerprint density at radius 2 is 1.36 bits per heavy atom. The standard InChI is InChI=1S/C27H30ClN3O4S/c1-29-27(33)25(17-21-9-5-3-6-10-21)31(19-23-13-15-24(28)16-14-23)26(32)20-30(36(2,34)35)18-22-11-7-4-8-12-22/h3-16,25H,17-20H2,1-2H3,(H,29,33)/t25-/m0/s1. The van der Waals surface area contributed by atoms with Gasteiger partial charge in [0.15, 0.2) is 0 Å². The number of sulfonamides is 1. The van der Waals surface area contributed by atoms with Crippen molar-refractivity contribution in [1.82, 2.24) is 14.5 Å². The monoisotopic (exact) mass is 527 g/mol. The molecule has 1 atom stereocenters. The van der Waals surface area contributed by atoms with E-state index in [1.165, 1.54) is 11.9 Å². The summed E-state index contributed by atoms with van der Waals surface area (Å²) in [5.41, 5.74) is 2.40. The Bertz CT molecular complexity index is 1250. The van der Waals surface area contributed by atoms with Crippen molar-refractivity contribution in [3.05, 3.63) is 107 Å². The van der Waals surface area contributed by atoms with Gasteiger partial charge < -0.3 is 10.2 Å². The van der Waals surface area contributed by atoms with Crippen molar-refractivity contribution in [1.29, 1.82) is 0 Å². The van der Waals surface area contributed by atoms with Gasteiger partial charge in [-0.05, 0) is 28.8 Å². The fourth-order valence-corrected chi connectivity index (χ4v) is 4.68. The molecule has 9 heteroatoms. The number of hydrogen-bond donors (Lipinski definition) is 1. The SMILES string of the molecule is CNC(=O)[C@H](Cc1ccccc1)N(Cc1ccc(Cl)cc1)C(=O)CN(Cc1ccccc1)S(C)(=O)=O. The van der Waals surface area contributed by atoms with Crippen molar-refractivity contribution in [3.63, 3.8) is 0 Å². The van der Waals surface area contributed by atoms with E-state index < -0.39 is 28.5 Å². The molecule has 0 saturated carbocycles. The zero-order chi connectivity index (χ0) is 26.1. The first-order valence-electron chi connectivity index (χ1n) is 11.5. The molecule has 7 nitrogen and oxygen atoms in total. The minimum Gasteiger partial charge on any atom is -0.357 e. The fourth-order valence-electron chi connectivity index (χ4n) is 3.83. The molecule has 0 saturated heterocycles. The van der Waals surface area contributed by atoms with Gasteiger partial charge in [0.05, 0.1) is 12.8 Å². The molecule has 0 aliphatic carbocycles. The van der Waals surface area contributed by atoms with E-state index in [9.17, 15) is 18.0 Å². The van der Waals surface area contributed by atoms with Crippen LogP contribution in [0.15, 0.2) is 84.9 Å². The second-order valence-electron chi connectivity index (χ2n) is 8.48. The first kappa shape index (κ1) is 27.4. The minimum atomic E-state index is -3.71. The number of nitrogens with one attached hydrogen (secondary N) is 1. The molecule has 3 rings (SSSR count). The van der Waals surface area contributed by atoms with Crippen molar-refractivity contribution in [2.75, 3.05) is 19.8 Å². The average Bonchev–Trinajstić information content (AvgIpc) is 2.87. The summed E-state index contributed by atoms with van der Waals surface area (Å²) in [5, 5.41) is 3.20. The summed E-state index contributed by atoms with van der Waals surface area (Å²) >= 11 is 6.03. The van der Waals surface area contributed by atoms with Crippen LogP contribution >= 0.6 is 11.6 Å². The van der Waals surface area contributed by atoms with E-state index in [0.29, 0.717) is 5.02 Å². The number of halogens is 1. The maximum atomic E-state index is 13.7. The third-order valence-corrected chi connectivity index (χ3v) is 7.21. The van der Waals surface area contributed by atoms with Gasteiger partial charge in [0.1, 0.15) is 6.04 Å². The predicted octanol–water partition coefficient (Wildman–Crippen LogP) is 3.49. The van der Waals surface area contributed by atoms with Crippen LogP contribution < -0.4 is 5.32 Å². The molecule has 0 spiro atoms. The van der Waals surface area contributed by atoms with Gasteiger partial charge >= 0.3 is 0 Å². The topological polar surface area (TPSA) is 86.8 Å². The lowest BCUT2D eigenvalue weighted by molar-refractivity contribution is -0.141. The van der Waals surface area contributed by atoms with Crippen molar-refractivity contribution >= 4 is 33.4 Å². The van der Waals surface area contributed by atoms with E-state index in [1.807, 2.05) is 48.5 Å². The second-order valence-corrected chi connectivity index (χ2v) is 10.9. The molecule has 0 bridgehead atoms. The molecular weight excluding hydrogens is 498 g/mol. The van der Waals surface area contributed by atoms with Crippen LogP contribution in [0.2, 0.25) is 5.02 Å². The highest BCUT2D eigenvalue weighted by atomic mass is 35.5. The maximum absolute atomic E-state index is 13.7. The lowest BCUT2D eigenvalue weighted by atomic mass is 10.0. The zero-order valence-electron chi connectivity index (χ0n) is 20.3. The molecule has 36 heavy (non-hydrogen) atoms. The Labute approximate surface area is 217 Å². The molecule has 0 radical (unpaired) electrons. The normalized spacial score (nSPS) is 12.2. The lowest BCUT2D eigenvalue weighted by Crippen LogP contribution is -2.52. The van der Waals surface area contributed by atoms with Crippen LogP contribution in [0.5, 0.6) is 0 Å². The highest BCUT2D eigenvalue weighted by molar-refractivity contribution is 7.88. The molecule has 190 valence electrons. The number of carbonyl (C=O) groups is 2. The van der Waals surface area contributed by atoms with Gasteiger partial charge in [0.2, 0.25) is 21.8 Å². The van der Waals surface area contributed by atoms with E-state index in [-0.39, 0.29) is 25.4 Å². The van der Waals surface area contributed by atoms with Crippen LogP contribution in [0.25, 0.3) is 0 Å². The molecule has 0 fully saturated rings. The molecule has 0 aromatic heterocycles. The van der Waals surface area contributed by atoms with Gasteiger partial charge in [-0.1, -0.05) is 84.4 Å². The van der Waals surface area contributed by atoms with Crippen LogP contribution in [-0.4, -0.2) is 55.3 Å². The molecular formula is C27H30ClN3O4S.